The summed E-state index contributed by atoms with van der Waals surface area (Å²) >= 11 is 0. The van der Waals surface area contributed by atoms with E-state index in [2.05, 4.69) is 5.32 Å². The second-order valence-corrected chi connectivity index (χ2v) is 10.7. The minimum Gasteiger partial charge on any atom is -0.483 e. The molecular weight excluding hydrogens is 442 g/mol. The Morgan fingerprint density at radius 3 is 2.48 bits per heavy atom. The van der Waals surface area contributed by atoms with Crippen LogP contribution < -0.4 is 19.7 Å². The van der Waals surface area contributed by atoms with Crippen LogP contribution in [0, 0.1) is 0 Å². The molecule has 0 unspecified atom stereocenters. The van der Waals surface area contributed by atoms with Crippen LogP contribution in [0.15, 0.2) is 41.3 Å². The lowest BCUT2D eigenvalue weighted by Gasteiger charge is -2.22. The lowest BCUT2D eigenvalue weighted by molar-refractivity contribution is -0.118. The fraction of sp³-hybridized carbons (Fsp3) is 0.458. The van der Waals surface area contributed by atoms with Crippen LogP contribution in [0.4, 0.5) is 11.4 Å². The zero-order valence-corrected chi connectivity index (χ0v) is 21.0. The number of nitrogens with one attached hydrogen (secondary N) is 1. The predicted molar refractivity (Wildman–Crippen MR) is 130 cm³/mol. The van der Waals surface area contributed by atoms with E-state index in [9.17, 15) is 13.2 Å². The number of benzene rings is 2. The molecule has 0 saturated carbocycles. The van der Waals surface area contributed by atoms with Gasteiger partial charge in [-0.05, 0) is 38.1 Å². The van der Waals surface area contributed by atoms with E-state index in [0.29, 0.717) is 36.0 Å². The SMILES string of the molecule is CCN(CC)S(=O)(=O)c1ccc(N(C)C)c(NC(=O)COc2cccc3c2OC(C)(C)C3)c1. The molecule has 0 saturated heterocycles. The van der Waals surface area contributed by atoms with Gasteiger partial charge in [0.1, 0.15) is 5.60 Å². The normalized spacial score (nSPS) is 14.5. The second-order valence-electron chi connectivity index (χ2n) is 8.78. The number of rotatable bonds is 9. The van der Waals surface area contributed by atoms with Gasteiger partial charge in [-0.2, -0.15) is 4.31 Å². The fourth-order valence-corrected chi connectivity index (χ4v) is 5.39. The number of anilines is 2. The standard InChI is InChI=1S/C24H33N3O5S/c1-7-27(8-2)33(29,30)18-12-13-20(26(5)6)19(14-18)25-22(28)16-31-21-11-9-10-17-15-24(3,4)32-23(17)21/h9-14H,7-8,15-16H2,1-6H3,(H,25,28). The molecule has 0 radical (unpaired) electrons. The van der Waals surface area contributed by atoms with E-state index in [1.54, 1.807) is 32.0 Å². The third-order valence-electron chi connectivity index (χ3n) is 5.48. The zero-order chi connectivity index (χ0) is 24.4. The van der Waals surface area contributed by atoms with Gasteiger partial charge in [-0.3, -0.25) is 4.79 Å². The Kier molecular flexibility index (Phi) is 7.23. The van der Waals surface area contributed by atoms with E-state index in [1.807, 2.05) is 45.0 Å². The van der Waals surface area contributed by atoms with E-state index in [-0.39, 0.29) is 17.1 Å². The van der Waals surface area contributed by atoms with Crippen LogP contribution in [0.3, 0.4) is 0 Å². The topological polar surface area (TPSA) is 88.2 Å². The van der Waals surface area contributed by atoms with Gasteiger partial charge in [0.05, 0.1) is 16.3 Å². The van der Waals surface area contributed by atoms with Gasteiger partial charge in [-0.1, -0.05) is 26.0 Å². The molecule has 2 aromatic carbocycles. The first-order valence-electron chi connectivity index (χ1n) is 11.0. The third kappa shape index (κ3) is 5.42. The van der Waals surface area contributed by atoms with Crippen molar-refractivity contribution in [1.82, 2.24) is 4.31 Å². The van der Waals surface area contributed by atoms with Crippen molar-refractivity contribution in [3.8, 4) is 11.5 Å². The van der Waals surface area contributed by atoms with E-state index in [0.717, 1.165) is 12.0 Å². The van der Waals surface area contributed by atoms with Gasteiger partial charge in [0, 0.05) is 39.2 Å². The van der Waals surface area contributed by atoms with Gasteiger partial charge in [-0.15, -0.1) is 0 Å². The van der Waals surface area contributed by atoms with Gasteiger partial charge in [-0.25, -0.2) is 8.42 Å². The smallest absolute Gasteiger partial charge is 0.262 e. The lowest BCUT2D eigenvalue weighted by Crippen LogP contribution is -2.31. The molecule has 1 aliphatic heterocycles. The first kappa shape index (κ1) is 24.9. The maximum atomic E-state index is 12.9. The molecular formula is C24H33N3O5S. The fourth-order valence-electron chi connectivity index (χ4n) is 3.91. The van der Waals surface area contributed by atoms with Crippen LogP contribution in [0.5, 0.6) is 11.5 Å². The molecule has 0 bridgehead atoms. The van der Waals surface area contributed by atoms with Crippen molar-refractivity contribution >= 4 is 27.3 Å². The molecule has 2 aromatic rings. The monoisotopic (exact) mass is 475 g/mol. The number of fused-ring (bicyclic) bond motifs is 1. The van der Waals surface area contributed by atoms with Crippen molar-refractivity contribution in [2.24, 2.45) is 0 Å². The number of hydrogen-bond donors (Lipinski definition) is 1. The van der Waals surface area contributed by atoms with Gasteiger partial charge in [0.2, 0.25) is 10.0 Å². The molecule has 1 aliphatic rings. The Bertz CT molecular complexity index is 1120. The molecule has 8 nitrogen and oxygen atoms in total. The van der Waals surface area contributed by atoms with Crippen LogP contribution in [0.25, 0.3) is 0 Å². The van der Waals surface area contributed by atoms with E-state index >= 15 is 0 Å². The second kappa shape index (κ2) is 9.61. The molecule has 1 N–H and O–H groups in total. The van der Waals surface area contributed by atoms with Crippen molar-refractivity contribution < 1.29 is 22.7 Å². The summed E-state index contributed by atoms with van der Waals surface area (Å²) in [7, 11) is -0.00779. The third-order valence-corrected chi connectivity index (χ3v) is 7.53. The molecule has 9 heteroatoms. The van der Waals surface area contributed by atoms with Crippen LogP contribution in [-0.2, 0) is 21.2 Å². The van der Waals surface area contributed by atoms with Crippen molar-refractivity contribution in [2.45, 2.75) is 44.6 Å². The molecule has 0 spiro atoms. The highest BCUT2D eigenvalue weighted by atomic mass is 32.2. The number of hydrogen-bond acceptors (Lipinski definition) is 6. The molecule has 0 aromatic heterocycles. The maximum Gasteiger partial charge on any atom is 0.262 e. The molecule has 0 aliphatic carbocycles. The quantitative estimate of drug-likeness (QED) is 0.597. The predicted octanol–water partition coefficient (Wildman–Crippen LogP) is 3.51. The Balaban J connectivity index is 1.79. The summed E-state index contributed by atoms with van der Waals surface area (Å²) in [6.45, 7) is 8.09. The van der Waals surface area contributed by atoms with Crippen LogP contribution in [0.1, 0.15) is 33.3 Å². The van der Waals surface area contributed by atoms with Gasteiger partial charge < -0.3 is 19.7 Å². The summed E-state index contributed by atoms with van der Waals surface area (Å²) in [5.74, 6) is 0.779. The molecule has 33 heavy (non-hydrogen) atoms. The van der Waals surface area contributed by atoms with Crippen LogP contribution in [0.2, 0.25) is 0 Å². The number of ether oxygens (including phenoxy) is 2. The molecule has 0 fully saturated rings. The van der Waals surface area contributed by atoms with Gasteiger partial charge in [0.25, 0.3) is 5.91 Å². The maximum absolute atomic E-state index is 12.9. The Morgan fingerprint density at radius 1 is 1.15 bits per heavy atom. The van der Waals surface area contributed by atoms with E-state index in [4.69, 9.17) is 9.47 Å². The number of nitrogens with zero attached hydrogens (tertiary/aromatic N) is 2. The highest BCUT2D eigenvalue weighted by molar-refractivity contribution is 7.89. The number of carbonyl (C=O) groups excluding carboxylic acids is 1. The molecule has 3 rings (SSSR count). The minimum absolute atomic E-state index is 0.129. The van der Waals surface area contributed by atoms with Crippen LogP contribution >= 0.6 is 0 Å². The lowest BCUT2D eigenvalue weighted by atomic mass is 10.0. The summed E-state index contributed by atoms with van der Waals surface area (Å²) in [6, 6.07) is 10.4. The summed E-state index contributed by atoms with van der Waals surface area (Å²) in [5, 5.41) is 2.80. The summed E-state index contributed by atoms with van der Waals surface area (Å²) in [4.78, 5) is 14.7. The average molecular weight is 476 g/mol. The van der Waals surface area contributed by atoms with Crippen molar-refractivity contribution in [3.05, 3.63) is 42.0 Å². The van der Waals surface area contributed by atoms with Crippen molar-refractivity contribution in [2.75, 3.05) is 44.0 Å². The number of sulfonamides is 1. The molecule has 180 valence electrons. The van der Waals surface area contributed by atoms with Crippen molar-refractivity contribution in [1.29, 1.82) is 0 Å². The first-order chi connectivity index (χ1) is 15.5. The summed E-state index contributed by atoms with van der Waals surface area (Å²) in [5.41, 5.74) is 1.81. The van der Waals surface area contributed by atoms with Gasteiger partial charge >= 0.3 is 0 Å². The van der Waals surface area contributed by atoms with Crippen molar-refractivity contribution in [3.63, 3.8) is 0 Å². The Morgan fingerprint density at radius 2 is 1.85 bits per heavy atom. The first-order valence-corrected chi connectivity index (χ1v) is 12.5. The Labute approximate surface area is 196 Å². The Hall–Kier alpha value is -2.78. The number of carbonyl (C=O) groups is 1. The largest absolute Gasteiger partial charge is 0.483 e. The highest BCUT2D eigenvalue weighted by Crippen LogP contribution is 2.41. The average Bonchev–Trinajstić information content (AvgIpc) is 3.07. The number of amides is 1. The van der Waals surface area contributed by atoms with E-state index in [1.165, 1.54) is 10.4 Å². The summed E-state index contributed by atoms with van der Waals surface area (Å²) < 4.78 is 39.0. The minimum atomic E-state index is -3.66. The van der Waals surface area contributed by atoms with E-state index < -0.39 is 15.9 Å². The zero-order valence-electron chi connectivity index (χ0n) is 20.1. The molecule has 0 atom stereocenters. The van der Waals surface area contributed by atoms with Crippen LogP contribution in [-0.4, -0.2) is 58.0 Å². The summed E-state index contributed by atoms with van der Waals surface area (Å²) in [6.07, 6.45) is 0.770. The highest BCUT2D eigenvalue weighted by Gasteiger charge is 2.32. The molecule has 1 amide bonds. The van der Waals surface area contributed by atoms with Gasteiger partial charge in [0.15, 0.2) is 18.1 Å². The molecule has 1 heterocycles. The number of para-hydroxylation sites is 1.